The molecule has 0 radical (unpaired) electrons. The van der Waals surface area contributed by atoms with Crippen LogP contribution >= 0.6 is 0 Å². The van der Waals surface area contributed by atoms with Crippen LogP contribution in [0.25, 0.3) is 10.9 Å². The van der Waals surface area contributed by atoms with Crippen molar-refractivity contribution >= 4 is 22.7 Å². The normalized spacial score (nSPS) is 10.4. The summed E-state index contributed by atoms with van der Waals surface area (Å²) in [4.78, 5) is 25.2. The van der Waals surface area contributed by atoms with Crippen LogP contribution in [0, 0.1) is 0 Å². The molecule has 0 aliphatic carbocycles. The average molecular weight is 393 g/mol. The van der Waals surface area contributed by atoms with Crippen LogP contribution in [0.4, 0.5) is 0 Å². The second-order valence-corrected chi connectivity index (χ2v) is 6.44. The van der Waals surface area contributed by atoms with E-state index in [2.05, 4.69) is 17.4 Å². The summed E-state index contributed by atoms with van der Waals surface area (Å²) in [5, 5.41) is 0.807. The first-order valence-corrected chi connectivity index (χ1v) is 9.00. The number of methoxy groups -OCH3 is 2. The molecule has 0 saturated carbocycles. The van der Waals surface area contributed by atoms with Gasteiger partial charge in [0.05, 0.1) is 19.8 Å². The molecule has 2 aromatic carbocycles. The number of hydrazine groups is 1. The third kappa shape index (κ3) is 3.94. The predicted octanol–water partition coefficient (Wildman–Crippen LogP) is 3.00. The van der Waals surface area contributed by atoms with E-state index in [4.69, 9.17) is 9.47 Å². The Labute approximate surface area is 168 Å². The number of carbonyl (C=O) groups is 2. The van der Waals surface area contributed by atoms with Gasteiger partial charge in [0.25, 0.3) is 11.8 Å². The van der Waals surface area contributed by atoms with E-state index < -0.39 is 11.8 Å². The molecule has 7 heteroatoms. The summed E-state index contributed by atoms with van der Waals surface area (Å²) in [5.74, 6) is 0.105. The molecular formula is C22H23N3O4. The van der Waals surface area contributed by atoms with Gasteiger partial charge in [-0.3, -0.25) is 20.4 Å². The highest BCUT2D eigenvalue weighted by Gasteiger charge is 2.18. The van der Waals surface area contributed by atoms with Crippen LogP contribution in [-0.4, -0.2) is 30.6 Å². The van der Waals surface area contributed by atoms with Crippen molar-refractivity contribution in [1.82, 2.24) is 15.4 Å². The van der Waals surface area contributed by atoms with Crippen LogP contribution in [0.2, 0.25) is 0 Å². The van der Waals surface area contributed by atoms with Gasteiger partial charge < -0.3 is 14.0 Å². The largest absolute Gasteiger partial charge is 0.493 e. The summed E-state index contributed by atoms with van der Waals surface area (Å²) in [5.41, 5.74) is 7.43. The number of benzene rings is 2. The number of amides is 2. The predicted molar refractivity (Wildman–Crippen MR) is 111 cm³/mol. The van der Waals surface area contributed by atoms with Crippen molar-refractivity contribution in [3.8, 4) is 11.5 Å². The molecule has 1 aromatic heterocycles. The van der Waals surface area contributed by atoms with E-state index in [0.29, 0.717) is 29.0 Å². The molecule has 0 bridgehead atoms. The van der Waals surface area contributed by atoms with Gasteiger partial charge in [-0.05, 0) is 24.6 Å². The molecule has 3 rings (SSSR count). The Morgan fingerprint density at radius 1 is 1.10 bits per heavy atom. The number of hydrogen-bond donors (Lipinski definition) is 2. The summed E-state index contributed by atoms with van der Waals surface area (Å²) >= 11 is 0. The van der Waals surface area contributed by atoms with E-state index >= 15 is 0 Å². The van der Waals surface area contributed by atoms with Crippen LogP contribution in [0.5, 0.6) is 11.5 Å². The van der Waals surface area contributed by atoms with Crippen LogP contribution < -0.4 is 20.3 Å². The Balaban J connectivity index is 1.80. The lowest BCUT2D eigenvalue weighted by atomic mass is 10.1. The van der Waals surface area contributed by atoms with Crippen molar-refractivity contribution in [1.29, 1.82) is 0 Å². The Morgan fingerprint density at radius 3 is 2.52 bits per heavy atom. The summed E-state index contributed by atoms with van der Waals surface area (Å²) < 4.78 is 12.6. The van der Waals surface area contributed by atoms with Crippen molar-refractivity contribution in [2.24, 2.45) is 7.05 Å². The van der Waals surface area contributed by atoms with Gasteiger partial charge in [-0.25, -0.2) is 0 Å². The molecule has 2 N–H and O–H groups in total. The number of aromatic nitrogens is 1. The minimum atomic E-state index is -0.468. The first-order chi connectivity index (χ1) is 14.0. The minimum Gasteiger partial charge on any atom is -0.493 e. The van der Waals surface area contributed by atoms with E-state index in [-0.39, 0.29) is 0 Å². The molecule has 1 heterocycles. The highest BCUT2D eigenvalue weighted by Crippen LogP contribution is 2.33. The molecule has 29 heavy (non-hydrogen) atoms. The lowest BCUT2D eigenvalue weighted by Crippen LogP contribution is -2.41. The lowest BCUT2D eigenvalue weighted by Gasteiger charge is -2.14. The van der Waals surface area contributed by atoms with Crippen LogP contribution in [0.1, 0.15) is 26.3 Å². The zero-order chi connectivity index (χ0) is 21.0. The molecule has 0 aliphatic heterocycles. The zero-order valence-corrected chi connectivity index (χ0v) is 16.6. The number of para-hydroxylation sites is 1. The average Bonchev–Trinajstić information content (AvgIpc) is 3.08. The minimum absolute atomic E-state index is 0.331. The number of nitrogens with one attached hydrogen (secondary N) is 2. The van der Waals surface area contributed by atoms with Gasteiger partial charge in [0.1, 0.15) is 0 Å². The number of carbonyl (C=O) groups excluding carboxylic acids is 2. The Morgan fingerprint density at radius 2 is 1.83 bits per heavy atom. The van der Waals surface area contributed by atoms with Crippen molar-refractivity contribution in [3.63, 3.8) is 0 Å². The summed E-state index contributed by atoms with van der Waals surface area (Å²) in [7, 11) is 4.90. The van der Waals surface area contributed by atoms with E-state index in [9.17, 15) is 9.59 Å². The number of aryl methyl sites for hydroxylation is 1. The fraction of sp³-hybridized carbons (Fsp3) is 0.182. The number of rotatable bonds is 6. The molecule has 150 valence electrons. The number of ether oxygens (including phenoxy) is 2. The summed E-state index contributed by atoms with van der Waals surface area (Å²) in [6.07, 6.45) is 3.94. The molecule has 0 spiro atoms. The van der Waals surface area contributed by atoms with Gasteiger partial charge in [-0.1, -0.05) is 24.3 Å². The molecule has 0 aliphatic rings. The first kappa shape index (κ1) is 20.0. The third-order valence-corrected chi connectivity index (χ3v) is 4.61. The van der Waals surface area contributed by atoms with Gasteiger partial charge in [-0.15, -0.1) is 6.58 Å². The maximum Gasteiger partial charge on any atom is 0.271 e. The van der Waals surface area contributed by atoms with Gasteiger partial charge >= 0.3 is 0 Å². The fourth-order valence-corrected chi connectivity index (χ4v) is 3.26. The van der Waals surface area contributed by atoms with Crippen molar-refractivity contribution in [2.75, 3.05) is 14.2 Å². The second-order valence-electron chi connectivity index (χ2n) is 6.44. The van der Waals surface area contributed by atoms with E-state index in [1.807, 2.05) is 35.9 Å². The van der Waals surface area contributed by atoms with E-state index in [1.165, 1.54) is 14.2 Å². The van der Waals surface area contributed by atoms with E-state index in [1.54, 1.807) is 24.4 Å². The first-order valence-electron chi connectivity index (χ1n) is 9.00. The van der Waals surface area contributed by atoms with Gasteiger partial charge in [0.15, 0.2) is 11.5 Å². The molecule has 7 nitrogen and oxygen atoms in total. The smallest absolute Gasteiger partial charge is 0.271 e. The third-order valence-electron chi connectivity index (χ3n) is 4.61. The molecule has 0 unspecified atom stereocenters. The topological polar surface area (TPSA) is 81.6 Å². The van der Waals surface area contributed by atoms with Crippen LogP contribution in [0.3, 0.4) is 0 Å². The Hall–Kier alpha value is -3.74. The standard InChI is InChI=1S/C22H23N3O4/c1-5-8-14-11-15(12-19(28-3)20(14)29-4)21(26)23-24-22(27)17-13-25(2)18-10-7-6-9-16(17)18/h5-7,9-13H,1,8H2,2-4H3,(H,23,26)(H,24,27). The second kappa shape index (κ2) is 8.52. The zero-order valence-electron chi connectivity index (χ0n) is 16.6. The number of hydrogen-bond acceptors (Lipinski definition) is 4. The summed E-state index contributed by atoms with van der Waals surface area (Å²) in [6, 6.07) is 10.8. The Bertz CT molecular complexity index is 1090. The van der Waals surface area contributed by atoms with Gasteiger partial charge in [0, 0.05) is 35.3 Å². The maximum absolute atomic E-state index is 12.6. The molecule has 0 fully saturated rings. The number of allylic oxidation sites excluding steroid dienone is 1. The highest BCUT2D eigenvalue weighted by molar-refractivity contribution is 6.08. The number of fused-ring (bicyclic) bond motifs is 1. The molecule has 0 saturated heterocycles. The van der Waals surface area contributed by atoms with Crippen LogP contribution in [0.15, 0.2) is 55.3 Å². The van der Waals surface area contributed by atoms with Crippen molar-refractivity contribution in [3.05, 3.63) is 71.9 Å². The van der Waals surface area contributed by atoms with E-state index in [0.717, 1.165) is 16.5 Å². The maximum atomic E-state index is 12.6. The number of nitrogens with zero attached hydrogens (tertiary/aromatic N) is 1. The highest BCUT2D eigenvalue weighted by atomic mass is 16.5. The molecular weight excluding hydrogens is 370 g/mol. The fourth-order valence-electron chi connectivity index (χ4n) is 3.26. The molecule has 3 aromatic rings. The van der Waals surface area contributed by atoms with Crippen molar-refractivity contribution < 1.29 is 19.1 Å². The Kier molecular flexibility index (Phi) is 5.87. The van der Waals surface area contributed by atoms with Crippen molar-refractivity contribution in [2.45, 2.75) is 6.42 Å². The quantitative estimate of drug-likeness (QED) is 0.498. The van der Waals surface area contributed by atoms with Crippen LogP contribution in [-0.2, 0) is 13.5 Å². The van der Waals surface area contributed by atoms with Gasteiger partial charge in [0.2, 0.25) is 0 Å². The molecule has 0 atom stereocenters. The monoisotopic (exact) mass is 393 g/mol. The SMILES string of the molecule is C=CCc1cc(C(=O)NNC(=O)c2cn(C)c3ccccc23)cc(OC)c1OC. The molecule has 2 amide bonds. The lowest BCUT2D eigenvalue weighted by molar-refractivity contribution is 0.0847. The summed E-state index contributed by atoms with van der Waals surface area (Å²) in [6.45, 7) is 3.73. The van der Waals surface area contributed by atoms with Gasteiger partial charge in [-0.2, -0.15) is 0 Å².